The molecule has 2 aromatic carbocycles. The first-order chi connectivity index (χ1) is 17.9. The van der Waals surface area contributed by atoms with Crippen molar-refractivity contribution < 1.29 is 23.1 Å². The number of methoxy groups -OCH3 is 1. The standard InChI is InChI=1S/C32H46O5Si/c1-10-14-25(31(33)34-7)27-20-36-30-26(27)18-24(17-22(2)3)29(35-19-23-15-12-11-13-16-23)28(30)21-37-38(8,9)32(4,5)6/h11-13,15-16,18,20,22,25H,10,14,17,19,21H2,1-9H3. The van der Waals surface area contributed by atoms with E-state index in [1.165, 1.54) is 7.11 Å². The summed E-state index contributed by atoms with van der Waals surface area (Å²) in [6.07, 6.45) is 4.14. The summed E-state index contributed by atoms with van der Waals surface area (Å²) in [5, 5.41) is 1.02. The van der Waals surface area contributed by atoms with Crippen molar-refractivity contribution in [2.75, 3.05) is 7.11 Å². The fourth-order valence-corrected chi connectivity index (χ4v) is 5.44. The molecule has 0 aliphatic heterocycles. The van der Waals surface area contributed by atoms with Gasteiger partial charge in [-0.15, -0.1) is 0 Å². The van der Waals surface area contributed by atoms with Crippen LogP contribution in [-0.4, -0.2) is 21.4 Å². The zero-order chi connectivity index (χ0) is 28.1. The maximum atomic E-state index is 12.8. The summed E-state index contributed by atoms with van der Waals surface area (Å²) >= 11 is 0. The van der Waals surface area contributed by atoms with Crippen molar-refractivity contribution in [2.45, 2.75) is 98.1 Å². The number of benzene rings is 2. The fourth-order valence-electron chi connectivity index (χ4n) is 4.50. The van der Waals surface area contributed by atoms with Gasteiger partial charge in [0.15, 0.2) is 8.32 Å². The van der Waals surface area contributed by atoms with Crippen LogP contribution in [0, 0.1) is 5.92 Å². The first-order valence-corrected chi connectivity index (χ1v) is 16.7. The van der Waals surface area contributed by atoms with Crippen LogP contribution in [0.15, 0.2) is 47.1 Å². The van der Waals surface area contributed by atoms with Gasteiger partial charge in [0.25, 0.3) is 0 Å². The Balaban J connectivity index is 2.20. The highest BCUT2D eigenvalue weighted by atomic mass is 28.4. The van der Waals surface area contributed by atoms with Crippen LogP contribution in [0.4, 0.5) is 0 Å². The van der Waals surface area contributed by atoms with Gasteiger partial charge in [0.2, 0.25) is 0 Å². The number of esters is 1. The second kappa shape index (κ2) is 12.5. The minimum atomic E-state index is -2.06. The van der Waals surface area contributed by atoms with E-state index in [4.69, 9.17) is 18.3 Å². The summed E-state index contributed by atoms with van der Waals surface area (Å²) in [5.74, 6) is 0.648. The lowest BCUT2D eigenvalue weighted by atomic mass is 9.91. The predicted molar refractivity (Wildman–Crippen MR) is 157 cm³/mol. The molecular formula is C32H46O5Si. The Morgan fingerprint density at radius 2 is 1.76 bits per heavy atom. The molecule has 5 nitrogen and oxygen atoms in total. The van der Waals surface area contributed by atoms with Gasteiger partial charge in [0.1, 0.15) is 17.9 Å². The summed E-state index contributed by atoms with van der Waals surface area (Å²) in [6, 6.07) is 12.4. The van der Waals surface area contributed by atoms with Crippen molar-refractivity contribution in [2.24, 2.45) is 5.92 Å². The molecule has 0 aliphatic carbocycles. The first kappa shape index (κ1) is 30.0. The molecule has 0 N–H and O–H groups in total. The van der Waals surface area contributed by atoms with Crippen LogP contribution in [0.25, 0.3) is 11.0 Å². The Hall–Kier alpha value is -2.57. The van der Waals surface area contributed by atoms with Crippen LogP contribution in [0.2, 0.25) is 18.1 Å². The highest BCUT2D eigenvalue weighted by Crippen LogP contribution is 2.42. The third-order valence-electron chi connectivity index (χ3n) is 7.69. The smallest absolute Gasteiger partial charge is 0.313 e. The highest BCUT2D eigenvalue weighted by Gasteiger charge is 2.38. The predicted octanol–water partition coefficient (Wildman–Crippen LogP) is 8.79. The van der Waals surface area contributed by atoms with Crippen molar-refractivity contribution >= 4 is 25.3 Å². The number of furan rings is 1. The molecule has 0 spiro atoms. The molecule has 1 atom stereocenters. The molecule has 0 aliphatic rings. The summed E-state index contributed by atoms with van der Waals surface area (Å²) in [4.78, 5) is 12.8. The Morgan fingerprint density at radius 1 is 1.08 bits per heavy atom. The lowest BCUT2D eigenvalue weighted by molar-refractivity contribution is -0.142. The molecule has 0 saturated heterocycles. The molecular weight excluding hydrogens is 492 g/mol. The molecule has 6 heteroatoms. The van der Waals surface area contributed by atoms with Gasteiger partial charge in [0, 0.05) is 10.9 Å². The molecule has 208 valence electrons. The second-order valence-corrected chi connectivity index (χ2v) is 17.0. The molecule has 0 fully saturated rings. The molecule has 1 heterocycles. The Morgan fingerprint density at radius 3 is 2.34 bits per heavy atom. The zero-order valence-corrected chi connectivity index (χ0v) is 25.8. The summed E-state index contributed by atoms with van der Waals surface area (Å²) in [5.41, 5.74) is 4.75. The van der Waals surface area contributed by atoms with E-state index in [-0.39, 0.29) is 16.9 Å². The quantitative estimate of drug-likeness (QED) is 0.170. The van der Waals surface area contributed by atoms with E-state index in [1.807, 2.05) is 18.2 Å². The van der Waals surface area contributed by atoms with Crippen LogP contribution in [0.3, 0.4) is 0 Å². The summed E-state index contributed by atoms with van der Waals surface area (Å²) in [6.45, 7) is 18.6. The maximum absolute atomic E-state index is 12.8. The maximum Gasteiger partial charge on any atom is 0.313 e. The van der Waals surface area contributed by atoms with Gasteiger partial charge in [-0.2, -0.15) is 0 Å². The molecule has 0 amide bonds. The van der Waals surface area contributed by atoms with Crippen molar-refractivity contribution in [3.63, 3.8) is 0 Å². The minimum Gasteiger partial charge on any atom is -0.488 e. The SMILES string of the molecule is CCCC(C(=O)OC)c1coc2c(CO[Si](C)(C)C(C)(C)C)c(OCc3ccccc3)c(CC(C)C)cc12. The molecule has 1 aromatic heterocycles. The molecule has 3 aromatic rings. The van der Waals surface area contributed by atoms with E-state index in [1.54, 1.807) is 6.26 Å². The molecule has 0 bridgehead atoms. The van der Waals surface area contributed by atoms with Crippen LogP contribution >= 0.6 is 0 Å². The highest BCUT2D eigenvalue weighted by molar-refractivity contribution is 6.74. The van der Waals surface area contributed by atoms with E-state index >= 15 is 0 Å². The number of carbonyl (C=O) groups is 1. The summed E-state index contributed by atoms with van der Waals surface area (Å²) < 4.78 is 24.8. The number of ether oxygens (including phenoxy) is 2. The molecule has 0 saturated carbocycles. The third-order valence-corrected chi connectivity index (χ3v) is 12.2. The van der Waals surface area contributed by atoms with Gasteiger partial charge in [-0.3, -0.25) is 4.79 Å². The van der Waals surface area contributed by atoms with E-state index in [2.05, 4.69) is 72.8 Å². The van der Waals surface area contributed by atoms with Gasteiger partial charge in [-0.05, 0) is 54.1 Å². The number of carbonyl (C=O) groups excluding carboxylic acids is 1. The van der Waals surface area contributed by atoms with Gasteiger partial charge < -0.3 is 18.3 Å². The summed E-state index contributed by atoms with van der Waals surface area (Å²) in [7, 11) is -0.607. The number of hydrogen-bond acceptors (Lipinski definition) is 5. The van der Waals surface area contributed by atoms with Crippen LogP contribution in [0.5, 0.6) is 5.75 Å². The number of rotatable bonds is 12. The number of fused-ring (bicyclic) bond motifs is 1. The van der Waals surface area contributed by atoms with Crippen molar-refractivity contribution in [3.8, 4) is 5.75 Å². The lowest BCUT2D eigenvalue weighted by Crippen LogP contribution is -2.40. The molecule has 1 unspecified atom stereocenters. The fraction of sp³-hybridized carbons (Fsp3) is 0.531. The number of hydrogen-bond donors (Lipinski definition) is 0. The van der Waals surface area contributed by atoms with E-state index in [0.717, 1.165) is 51.8 Å². The molecule has 0 radical (unpaired) electrons. The zero-order valence-electron chi connectivity index (χ0n) is 24.8. The average Bonchev–Trinajstić information content (AvgIpc) is 3.27. The van der Waals surface area contributed by atoms with Crippen molar-refractivity contribution in [3.05, 3.63) is 64.9 Å². The minimum absolute atomic E-state index is 0.0676. The van der Waals surface area contributed by atoms with Crippen molar-refractivity contribution in [1.82, 2.24) is 0 Å². The third kappa shape index (κ3) is 6.89. The Kier molecular flexibility index (Phi) is 9.88. The topological polar surface area (TPSA) is 57.9 Å². The monoisotopic (exact) mass is 538 g/mol. The second-order valence-electron chi connectivity index (χ2n) is 12.2. The van der Waals surface area contributed by atoms with Gasteiger partial charge in [-0.25, -0.2) is 0 Å². The van der Waals surface area contributed by atoms with E-state index in [0.29, 0.717) is 25.6 Å². The Labute approximate surface area is 230 Å². The van der Waals surface area contributed by atoms with Gasteiger partial charge >= 0.3 is 5.97 Å². The van der Waals surface area contributed by atoms with Crippen LogP contribution < -0.4 is 4.74 Å². The van der Waals surface area contributed by atoms with Gasteiger partial charge in [0.05, 0.1) is 31.5 Å². The van der Waals surface area contributed by atoms with Crippen LogP contribution in [-0.2, 0) is 33.6 Å². The first-order valence-electron chi connectivity index (χ1n) is 13.8. The normalized spacial score (nSPS) is 13.2. The largest absolute Gasteiger partial charge is 0.488 e. The van der Waals surface area contributed by atoms with Crippen molar-refractivity contribution in [1.29, 1.82) is 0 Å². The van der Waals surface area contributed by atoms with Crippen LogP contribution in [0.1, 0.15) is 82.6 Å². The average molecular weight is 539 g/mol. The molecule has 38 heavy (non-hydrogen) atoms. The van der Waals surface area contributed by atoms with Gasteiger partial charge in [-0.1, -0.05) is 78.3 Å². The lowest BCUT2D eigenvalue weighted by Gasteiger charge is -2.36. The molecule has 3 rings (SSSR count). The van der Waals surface area contributed by atoms with E-state index in [9.17, 15) is 4.79 Å². The Bertz CT molecular complexity index is 1200. The van der Waals surface area contributed by atoms with E-state index < -0.39 is 8.32 Å².